The van der Waals surface area contributed by atoms with Gasteiger partial charge in [-0.25, -0.2) is 0 Å². The van der Waals surface area contributed by atoms with Gasteiger partial charge in [0.25, 0.3) is 0 Å². The van der Waals surface area contributed by atoms with Crippen molar-refractivity contribution in [2.75, 3.05) is 33.9 Å². The SMILES string of the molecule is COC1(OC)CCN(CC(C)Cc2ccc(C(C)(C)C)cc2)CC1. The highest BCUT2D eigenvalue weighted by molar-refractivity contribution is 5.27. The molecule has 0 amide bonds. The van der Waals surface area contributed by atoms with E-state index in [9.17, 15) is 0 Å². The molecule has 1 aromatic rings. The molecule has 3 nitrogen and oxygen atoms in total. The molecule has 0 saturated carbocycles. The lowest BCUT2D eigenvalue weighted by Gasteiger charge is -2.40. The number of ether oxygens (including phenoxy) is 2. The summed E-state index contributed by atoms with van der Waals surface area (Å²) in [5.41, 5.74) is 3.08. The normalized spacial score (nSPS) is 20.1. The second kappa shape index (κ2) is 7.99. The van der Waals surface area contributed by atoms with Crippen LogP contribution in [-0.4, -0.2) is 44.5 Å². The topological polar surface area (TPSA) is 21.7 Å². The first-order chi connectivity index (χ1) is 11.3. The quantitative estimate of drug-likeness (QED) is 0.727. The van der Waals surface area contributed by atoms with Gasteiger partial charge in [0.05, 0.1) is 0 Å². The monoisotopic (exact) mass is 333 g/mol. The van der Waals surface area contributed by atoms with Gasteiger partial charge in [-0.2, -0.15) is 0 Å². The summed E-state index contributed by atoms with van der Waals surface area (Å²) in [4.78, 5) is 2.55. The van der Waals surface area contributed by atoms with Gasteiger partial charge >= 0.3 is 0 Å². The molecule has 24 heavy (non-hydrogen) atoms. The zero-order valence-corrected chi connectivity index (χ0v) is 16.4. The number of hydrogen-bond acceptors (Lipinski definition) is 3. The Morgan fingerprint density at radius 3 is 2.04 bits per heavy atom. The second-order valence-corrected chi connectivity index (χ2v) is 8.38. The highest BCUT2D eigenvalue weighted by Gasteiger charge is 2.34. The van der Waals surface area contributed by atoms with Gasteiger partial charge in [-0.15, -0.1) is 0 Å². The second-order valence-electron chi connectivity index (χ2n) is 8.38. The number of benzene rings is 1. The molecule has 0 bridgehead atoms. The summed E-state index contributed by atoms with van der Waals surface area (Å²) >= 11 is 0. The maximum atomic E-state index is 5.57. The van der Waals surface area contributed by atoms with Gasteiger partial charge in [-0.05, 0) is 28.9 Å². The Bertz CT molecular complexity index is 490. The first-order valence-electron chi connectivity index (χ1n) is 9.20. The Labute approximate surface area is 148 Å². The van der Waals surface area contributed by atoms with Crippen molar-refractivity contribution < 1.29 is 9.47 Å². The molecule has 0 spiro atoms. The molecule has 1 fully saturated rings. The summed E-state index contributed by atoms with van der Waals surface area (Å²) < 4.78 is 11.1. The van der Waals surface area contributed by atoms with Crippen LogP contribution in [0.1, 0.15) is 51.7 Å². The fraction of sp³-hybridized carbons (Fsp3) is 0.714. The first kappa shape index (κ1) is 19.4. The molecule has 1 unspecified atom stereocenters. The van der Waals surface area contributed by atoms with E-state index in [1.807, 2.05) is 0 Å². The number of rotatable bonds is 6. The molecule has 1 saturated heterocycles. The lowest BCUT2D eigenvalue weighted by molar-refractivity contribution is -0.229. The fourth-order valence-corrected chi connectivity index (χ4v) is 3.62. The van der Waals surface area contributed by atoms with Crippen molar-refractivity contribution in [1.82, 2.24) is 4.90 Å². The molecule has 3 heteroatoms. The van der Waals surface area contributed by atoms with Gasteiger partial charge < -0.3 is 14.4 Å². The van der Waals surface area contributed by atoms with E-state index in [4.69, 9.17) is 9.47 Å². The van der Waals surface area contributed by atoms with E-state index in [0.717, 1.165) is 38.9 Å². The number of methoxy groups -OCH3 is 2. The van der Waals surface area contributed by atoms with E-state index in [1.165, 1.54) is 11.1 Å². The number of piperidine rings is 1. The standard InChI is InChI=1S/C21H35NO2/c1-17(15-18-7-9-19(10-8-18)20(2,3)4)16-22-13-11-21(23-5,24-6)12-14-22/h7-10,17H,11-16H2,1-6H3. The Morgan fingerprint density at radius 1 is 1.04 bits per heavy atom. The van der Waals surface area contributed by atoms with Crippen LogP contribution in [0.3, 0.4) is 0 Å². The van der Waals surface area contributed by atoms with Crippen LogP contribution >= 0.6 is 0 Å². The zero-order valence-electron chi connectivity index (χ0n) is 16.4. The van der Waals surface area contributed by atoms with Crippen LogP contribution in [0.5, 0.6) is 0 Å². The Morgan fingerprint density at radius 2 is 1.58 bits per heavy atom. The third-order valence-electron chi connectivity index (χ3n) is 5.34. The summed E-state index contributed by atoms with van der Waals surface area (Å²) in [5, 5.41) is 0. The summed E-state index contributed by atoms with van der Waals surface area (Å²) in [7, 11) is 3.51. The van der Waals surface area contributed by atoms with Crippen molar-refractivity contribution in [2.45, 2.75) is 58.2 Å². The van der Waals surface area contributed by atoms with Crippen molar-refractivity contribution in [3.63, 3.8) is 0 Å². The van der Waals surface area contributed by atoms with Crippen LogP contribution in [0.15, 0.2) is 24.3 Å². The third-order valence-corrected chi connectivity index (χ3v) is 5.34. The Hall–Kier alpha value is -0.900. The molecule has 1 heterocycles. The summed E-state index contributed by atoms with van der Waals surface area (Å²) in [6.45, 7) is 12.4. The minimum absolute atomic E-state index is 0.229. The van der Waals surface area contributed by atoms with Gasteiger partial charge in [-0.3, -0.25) is 0 Å². The van der Waals surface area contributed by atoms with E-state index in [0.29, 0.717) is 5.92 Å². The Kier molecular flexibility index (Phi) is 6.46. The zero-order chi connectivity index (χ0) is 17.8. The van der Waals surface area contributed by atoms with E-state index < -0.39 is 0 Å². The molecule has 0 N–H and O–H groups in total. The van der Waals surface area contributed by atoms with Gasteiger partial charge in [0, 0.05) is 46.7 Å². The summed E-state index contributed by atoms with van der Waals surface area (Å²) in [6, 6.07) is 9.17. The molecule has 0 aromatic heterocycles. The lowest BCUT2D eigenvalue weighted by Crippen LogP contribution is -2.47. The highest BCUT2D eigenvalue weighted by Crippen LogP contribution is 2.27. The van der Waals surface area contributed by atoms with Crippen molar-refractivity contribution in [3.05, 3.63) is 35.4 Å². The van der Waals surface area contributed by atoms with E-state index >= 15 is 0 Å². The molecule has 2 rings (SSSR count). The van der Waals surface area contributed by atoms with Crippen LogP contribution < -0.4 is 0 Å². The first-order valence-corrected chi connectivity index (χ1v) is 9.20. The maximum absolute atomic E-state index is 5.57. The predicted octanol–water partition coefficient (Wildman–Crippen LogP) is 4.25. The predicted molar refractivity (Wildman–Crippen MR) is 100 cm³/mol. The van der Waals surface area contributed by atoms with Gasteiger partial charge in [0.2, 0.25) is 0 Å². The molecule has 1 aliphatic rings. The summed E-state index contributed by atoms with van der Waals surface area (Å²) in [5.74, 6) is 0.297. The molecular weight excluding hydrogens is 298 g/mol. The van der Waals surface area contributed by atoms with Crippen molar-refractivity contribution in [2.24, 2.45) is 5.92 Å². The van der Waals surface area contributed by atoms with Gasteiger partial charge in [0.15, 0.2) is 5.79 Å². The van der Waals surface area contributed by atoms with Crippen LogP contribution in [0.2, 0.25) is 0 Å². The summed E-state index contributed by atoms with van der Waals surface area (Å²) in [6.07, 6.45) is 3.04. The third kappa shape index (κ3) is 5.05. The molecule has 1 atom stereocenters. The average Bonchev–Trinajstić information content (AvgIpc) is 2.55. The molecular formula is C21H35NO2. The minimum atomic E-state index is -0.359. The Balaban J connectivity index is 1.83. The largest absolute Gasteiger partial charge is 0.353 e. The molecule has 1 aromatic carbocycles. The van der Waals surface area contributed by atoms with E-state index in [-0.39, 0.29) is 11.2 Å². The van der Waals surface area contributed by atoms with Gasteiger partial charge in [-0.1, -0.05) is 52.0 Å². The molecule has 0 aliphatic carbocycles. The van der Waals surface area contributed by atoms with Crippen molar-refractivity contribution in [1.29, 1.82) is 0 Å². The minimum Gasteiger partial charge on any atom is -0.353 e. The van der Waals surface area contributed by atoms with Crippen molar-refractivity contribution in [3.8, 4) is 0 Å². The number of nitrogens with zero attached hydrogens (tertiary/aromatic N) is 1. The van der Waals surface area contributed by atoms with Crippen LogP contribution in [0, 0.1) is 5.92 Å². The molecule has 1 aliphatic heterocycles. The van der Waals surface area contributed by atoms with Crippen molar-refractivity contribution >= 4 is 0 Å². The number of hydrogen-bond donors (Lipinski definition) is 0. The molecule has 136 valence electrons. The van der Waals surface area contributed by atoms with Crippen LogP contribution in [0.4, 0.5) is 0 Å². The molecule has 0 radical (unpaired) electrons. The van der Waals surface area contributed by atoms with Gasteiger partial charge in [0.1, 0.15) is 0 Å². The van der Waals surface area contributed by atoms with Crippen LogP contribution in [-0.2, 0) is 21.3 Å². The number of likely N-dealkylation sites (tertiary alicyclic amines) is 1. The fourth-order valence-electron chi connectivity index (χ4n) is 3.62. The lowest BCUT2D eigenvalue weighted by atomic mass is 9.86. The van der Waals surface area contributed by atoms with E-state index in [1.54, 1.807) is 14.2 Å². The highest BCUT2D eigenvalue weighted by atomic mass is 16.7. The smallest absolute Gasteiger partial charge is 0.169 e. The average molecular weight is 334 g/mol. The van der Waals surface area contributed by atoms with E-state index in [2.05, 4.69) is 56.9 Å². The van der Waals surface area contributed by atoms with Crippen LogP contribution in [0.25, 0.3) is 0 Å². The maximum Gasteiger partial charge on any atom is 0.169 e.